The Bertz CT molecular complexity index is 152. The van der Waals surface area contributed by atoms with Gasteiger partial charge in [-0.25, -0.2) is 0 Å². The van der Waals surface area contributed by atoms with Gasteiger partial charge in [0.2, 0.25) is 0 Å². The van der Waals surface area contributed by atoms with Gasteiger partial charge in [-0.2, -0.15) is 0 Å². The average Bonchev–Trinajstić information content (AvgIpc) is 2.28. The Kier molecular flexibility index (Phi) is 5.11. The van der Waals surface area contributed by atoms with Crippen LogP contribution in [0, 0.1) is 0 Å². The molecule has 1 saturated heterocycles. The standard InChI is InChI=1S/C14H30N/c1-13(2)15(14(3)4)11-9-7-5-6-8-10-12-15/h13-14H,5-12H2,1-4H3/q+1. The molecule has 1 nitrogen and oxygen atoms in total. The summed E-state index contributed by atoms with van der Waals surface area (Å²) in [4.78, 5) is 0. The van der Waals surface area contributed by atoms with E-state index in [9.17, 15) is 0 Å². The largest absolute Gasteiger partial charge is 0.320 e. The van der Waals surface area contributed by atoms with Crippen molar-refractivity contribution in [1.29, 1.82) is 0 Å². The summed E-state index contributed by atoms with van der Waals surface area (Å²) in [5.74, 6) is 0. The molecular formula is C14H30N+. The molecule has 0 unspecified atom stereocenters. The van der Waals surface area contributed by atoms with Gasteiger partial charge in [-0.15, -0.1) is 0 Å². The molecule has 0 bridgehead atoms. The van der Waals surface area contributed by atoms with Crippen LogP contribution < -0.4 is 0 Å². The van der Waals surface area contributed by atoms with Crippen molar-refractivity contribution in [3.63, 3.8) is 0 Å². The Morgan fingerprint density at radius 1 is 0.600 bits per heavy atom. The third kappa shape index (κ3) is 3.21. The lowest BCUT2D eigenvalue weighted by Crippen LogP contribution is -2.58. The zero-order valence-electron chi connectivity index (χ0n) is 11.3. The monoisotopic (exact) mass is 212 g/mol. The highest BCUT2D eigenvalue weighted by Crippen LogP contribution is 2.24. The molecule has 0 amide bonds. The Labute approximate surface area is 96.4 Å². The Morgan fingerprint density at radius 3 is 1.27 bits per heavy atom. The summed E-state index contributed by atoms with van der Waals surface area (Å²) in [5, 5.41) is 0. The van der Waals surface area contributed by atoms with Crippen molar-refractivity contribution in [3.05, 3.63) is 0 Å². The molecule has 0 spiro atoms. The van der Waals surface area contributed by atoms with Gasteiger partial charge < -0.3 is 4.48 Å². The molecule has 0 aromatic heterocycles. The molecule has 1 fully saturated rings. The first-order valence-corrected chi connectivity index (χ1v) is 6.96. The second kappa shape index (κ2) is 5.89. The van der Waals surface area contributed by atoms with E-state index in [0.29, 0.717) is 0 Å². The third-order valence-corrected chi connectivity index (χ3v) is 4.46. The molecule has 0 aliphatic carbocycles. The minimum absolute atomic E-state index is 0.795. The fraction of sp³-hybridized carbons (Fsp3) is 1.00. The van der Waals surface area contributed by atoms with Gasteiger partial charge in [0, 0.05) is 0 Å². The Morgan fingerprint density at radius 2 is 0.933 bits per heavy atom. The molecule has 0 aromatic carbocycles. The van der Waals surface area contributed by atoms with Crippen LogP contribution in [0.25, 0.3) is 0 Å². The van der Waals surface area contributed by atoms with Crippen molar-refractivity contribution in [3.8, 4) is 0 Å². The molecule has 1 aliphatic rings. The molecule has 90 valence electrons. The minimum Gasteiger partial charge on any atom is -0.320 e. The first kappa shape index (κ1) is 13.0. The van der Waals surface area contributed by atoms with Gasteiger partial charge in [0.05, 0.1) is 25.2 Å². The number of quaternary nitrogens is 1. The molecule has 1 heterocycles. The van der Waals surface area contributed by atoms with Gasteiger partial charge in [0.15, 0.2) is 0 Å². The molecule has 1 heteroatoms. The lowest BCUT2D eigenvalue weighted by molar-refractivity contribution is -0.967. The topological polar surface area (TPSA) is 0 Å². The van der Waals surface area contributed by atoms with E-state index >= 15 is 0 Å². The SMILES string of the molecule is CC(C)[N+]1(C(C)C)CCCCCCCC1. The predicted molar refractivity (Wildman–Crippen MR) is 68.0 cm³/mol. The van der Waals surface area contributed by atoms with Crippen LogP contribution in [0.2, 0.25) is 0 Å². The minimum atomic E-state index is 0.795. The van der Waals surface area contributed by atoms with Crippen molar-refractivity contribution >= 4 is 0 Å². The summed E-state index contributed by atoms with van der Waals surface area (Å²) >= 11 is 0. The van der Waals surface area contributed by atoms with E-state index in [1.165, 1.54) is 56.1 Å². The highest BCUT2D eigenvalue weighted by molar-refractivity contribution is 4.59. The van der Waals surface area contributed by atoms with E-state index in [2.05, 4.69) is 27.7 Å². The van der Waals surface area contributed by atoms with Crippen molar-refractivity contribution in [2.75, 3.05) is 13.1 Å². The first-order valence-electron chi connectivity index (χ1n) is 6.96. The second-order valence-electron chi connectivity index (χ2n) is 5.86. The van der Waals surface area contributed by atoms with Gasteiger partial charge in [-0.05, 0) is 53.4 Å². The highest BCUT2D eigenvalue weighted by atomic mass is 15.4. The van der Waals surface area contributed by atoms with Gasteiger partial charge in [-0.1, -0.05) is 12.8 Å². The lowest BCUT2D eigenvalue weighted by Gasteiger charge is -2.46. The van der Waals surface area contributed by atoms with E-state index in [0.717, 1.165) is 12.1 Å². The van der Waals surface area contributed by atoms with Crippen molar-refractivity contribution in [1.82, 2.24) is 0 Å². The molecule has 0 N–H and O–H groups in total. The fourth-order valence-electron chi connectivity index (χ4n) is 3.26. The van der Waals surface area contributed by atoms with Crippen LogP contribution in [0.15, 0.2) is 0 Å². The summed E-state index contributed by atoms with van der Waals surface area (Å²) in [6.07, 6.45) is 8.73. The van der Waals surface area contributed by atoms with Crippen LogP contribution in [0.4, 0.5) is 0 Å². The zero-order valence-corrected chi connectivity index (χ0v) is 11.3. The smallest absolute Gasteiger partial charge is 0.0835 e. The molecule has 15 heavy (non-hydrogen) atoms. The van der Waals surface area contributed by atoms with E-state index in [1.807, 2.05) is 0 Å². The van der Waals surface area contributed by atoms with E-state index in [-0.39, 0.29) is 0 Å². The maximum atomic E-state index is 2.41. The molecule has 0 atom stereocenters. The third-order valence-electron chi connectivity index (χ3n) is 4.46. The summed E-state index contributed by atoms with van der Waals surface area (Å²) in [6, 6.07) is 1.59. The number of nitrogens with zero attached hydrogens (tertiary/aromatic N) is 1. The molecule has 0 radical (unpaired) electrons. The van der Waals surface area contributed by atoms with Crippen LogP contribution in [-0.4, -0.2) is 29.7 Å². The van der Waals surface area contributed by atoms with E-state index < -0.39 is 0 Å². The number of hydrogen-bond acceptors (Lipinski definition) is 0. The molecule has 0 aromatic rings. The number of hydrogen-bond donors (Lipinski definition) is 0. The Hall–Kier alpha value is -0.0400. The van der Waals surface area contributed by atoms with Crippen molar-refractivity contribution in [2.24, 2.45) is 0 Å². The predicted octanol–water partition coefficient (Wildman–Crippen LogP) is 3.97. The van der Waals surface area contributed by atoms with E-state index in [1.54, 1.807) is 0 Å². The van der Waals surface area contributed by atoms with Gasteiger partial charge in [0.25, 0.3) is 0 Å². The summed E-state index contributed by atoms with van der Waals surface area (Å²) in [6.45, 7) is 12.5. The van der Waals surface area contributed by atoms with Gasteiger partial charge in [0.1, 0.15) is 0 Å². The molecule has 1 aliphatic heterocycles. The maximum Gasteiger partial charge on any atom is 0.0835 e. The molecular weight excluding hydrogens is 182 g/mol. The second-order valence-corrected chi connectivity index (χ2v) is 5.86. The normalized spacial score (nSPS) is 23.6. The maximum absolute atomic E-state index is 2.41. The highest BCUT2D eigenvalue weighted by Gasteiger charge is 2.33. The number of rotatable bonds is 2. The van der Waals surface area contributed by atoms with Crippen LogP contribution in [-0.2, 0) is 0 Å². The van der Waals surface area contributed by atoms with Gasteiger partial charge in [-0.3, -0.25) is 0 Å². The lowest BCUT2D eigenvalue weighted by atomic mass is 10.1. The van der Waals surface area contributed by atoms with Crippen LogP contribution >= 0.6 is 0 Å². The zero-order chi connectivity index (χ0) is 11.3. The Balaban J connectivity index is 2.71. The van der Waals surface area contributed by atoms with Gasteiger partial charge >= 0.3 is 0 Å². The van der Waals surface area contributed by atoms with E-state index in [4.69, 9.17) is 0 Å². The molecule has 0 saturated carbocycles. The summed E-state index contributed by atoms with van der Waals surface area (Å²) in [7, 11) is 0. The van der Waals surface area contributed by atoms with Crippen LogP contribution in [0.3, 0.4) is 0 Å². The van der Waals surface area contributed by atoms with Crippen molar-refractivity contribution in [2.45, 2.75) is 78.3 Å². The summed E-state index contributed by atoms with van der Waals surface area (Å²) < 4.78 is 1.36. The first-order chi connectivity index (χ1) is 7.09. The quantitative estimate of drug-likeness (QED) is 0.608. The summed E-state index contributed by atoms with van der Waals surface area (Å²) in [5.41, 5.74) is 0. The molecule has 1 rings (SSSR count). The van der Waals surface area contributed by atoms with Crippen LogP contribution in [0.5, 0.6) is 0 Å². The fourth-order valence-corrected chi connectivity index (χ4v) is 3.26. The van der Waals surface area contributed by atoms with Crippen molar-refractivity contribution < 1.29 is 4.48 Å². The van der Waals surface area contributed by atoms with Crippen LogP contribution in [0.1, 0.15) is 66.2 Å². The average molecular weight is 212 g/mol.